The fourth-order valence-electron chi connectivity index (χ4n) is 4.64. The van der Waals surface area contributed by atoms with Crippen LogP contribution in [0.4, 0.5) is 0 Å². The van der Waals surface area contributed by atoms with Gasteiger partial charge in [0.15, 0.2) is 11.8 Å². The van der Waals surface area contributed by atoms with E-state index in [-0.39, 0.29) is 5.41 Å². The van der Waals surface area contributed by atoms with E-state index in [9.17, 15) is 0 Å². The van der Waals surface area contributed by atoms with Crippen molar-refractivity contribution in [3.05, 3.63) is 48.0 Å². The molecule has 0 spiro atoms. The number of hydrogen-bond donors (Lipinski definition) is 0. The van der Waals surface area contributed by atoms with Gasteiger partial charge in [-0.2, -0.15) is 0 Å². The van der Waals surface area contributed by atoms with Crippen LogP contribution in [-0.2, 0) is 5.41 Å². The molecule has 0 amide bonds. The van der Waals surface area contributed by atoms with E-state index in [1.54, 1.807) is 0 Å². The number of hydrogen-bond acceptors (Lipinski definition) is 1. The highest BCUT2D eigenvalue weighted by molar-refractivity contribution is 6.05. The van der Waals surface area contributed by atoms with Crippen molar-refractivity contribution in [2.24, 2.45) is 0 Å². The SMILES string of the molecule is C[N+]1=CC2(c3ccc4oc5ccccc5c4c3)CCC1(C)CC2. The first kappa shape index (κ1) is 13.4. The minimum Gasteiger partial charge on any atom is -0.456 e. The molecule has 1 aromatic heterocycles. The second-order valence-electron chi connectivity index (χ2n) is 7.70. The molecule has 23 heavy (non-hydrogen) atoms. The van der Waals surface area contributed by atoms with Gasteiger partial charge in [-0.25, -0.2) is 4.58 Å². The van der Waals surface area contributed by atoms with E-state index in [4.69, 9.17) is 4.42 Å². The number of benzene rings is 2. The first-order valence-corrected chi connectivity index (χ1v) is 8.61. The highest BCUT2D eigenvalue weighted by Crippen LogP contribution is 2.47. The van der Waals surface area contributed by atoms with Crippen LogP contribution in [0.25, 0.3) is 21.9 Å². The summed E-state index contributed by atoms with van der Waals surface area (Å²) in [5.74, 6) is 0. The highest BCUT2D eigenvalue weighted by atomic mass is 16.3. The number of para-hydroxylation sites is 1. The minimum absolute atomic E-state index is 0.207. The number of furan rings is 1. The Morgan fingerprint density at radius 1 is 0.913 bits per heavy atom. The molecule has 2 nitrogen and oxygen atoms in total. The van der Waals surface area contributed by atoms with Crippen molar-refractivity contribution in [3.8, 4) is 0 Å². The van der Waals surface area contributed by atoms with E-state index >= 15 is 0 Å². The summed E-state index contributed by atoms with van der Waals surface area (Å²) >= 11 is 0. The molecule has 0 saturated heterocycles. The molecule has 3 aliphatic rings. The molecule has 1 fully saturated rings. The van der Waals surface area contributed by atoms with E-state index < -0.39 is 0 Å². The molecular weight excluding hydrogens is 282 g/mol. The molecule has 0 unspecified atom stereocenters. The third kappa shape index (κ3) is 1.72. The Labute approximate surface area is 136 Å². The van der Waals surface area contributed by atoms with Crippen molar-refractivity contribution in [1.82, 2.24) is 0 Å². The number of nitrogens with zero attached hydrogens (tertiary/aromatic N) is 1. The summed E-state index contributed by atoms with van der Waals surface area (Å²) in [5.41, 5.74) is 4.01. The monoisotopic (exact) mass is 304 g/mol. The predicted molar refractivity (Wildman–Crippen MR) is 94.5 cm³/mol. The van der Waals surface area contributed by atoms with E-state index in [1.807, 2.05) is 6.07 Å². The summed E-state index contributed by atoms with van der Waals surface area (Å²) in [6, 6.07) is 15.2. The first-order valence-electron chi connectivity index (χ1n) is 8.61. The Morgan fingerprint density at radius 3 is 2.43 bits per heavy atom. The summed E-state index contributed by atoms with van der Waals surface area (Å²) < 4.78 is 8.46. The smallest absolute Gasteiger partial charge is 0.159 e. The van der Waals surface area contributed by atoms with Crippen molar-refractivity contribution in [3.63, 3.8) is 0 Å². The van der Waals surface area contributed by atoms with Gasteiger partial charge >= 0.3 is 0 Å². The van der Waals surface area contributed by atoms with E-state index in [0.29, 0.717) is 5.54 Å². The molecule has 2 bridgehead atoms. The van der Waals surface area contributed by atoms with Gasteiger partial charge in [-0.1, -0.05) is 24.3 Å². The Kier molecular flexibility index (Phi) is 2.47. The molecule has 1 aliphatic carbocycles. The lowest BCUT2D eigenvalue weighted by atomic mass is 9.62. The van der Waals surface area contributed by atoms with Crippen LogP contribution in [0, 0.1) is 0 Å². The minimum atomic E-state index is 0.207. The zero-order valence-electron chi connectivity index (χ0n) is 13.8. The molecule has 2 heteroatoms. The van der Waals surface area contributed by atoms with Gasteiger partial charge in [0.2, 0.25) is 0 Å². The maximum Gasteiger partial charge on any atom is 0.159 e. The zero-order chi connectivity index (χ0) is 15.7. The van der Waals surface area contributed by atoms with Gasteiger partial charge in [0, 0.05) is 30.5 Å². The Bertz CT molecular complexity index is 954. The van der Waals surface area contributed by atoms with Crippen LogP contribution in [0.15, 0.2) is 46.9 Å². The highest BCUT2D eigenvalue weighted by Gasteiger charge is 2.52. The van der Waals surface area contributed by atoms with Crippen LogP contribution in [0.5, 0.6) is 0 Å². The fourth-order valence-corrected chi connectivity index (χ4v) is 4.64. The molecule has 116 valence electrons. The van der Waals surface area contributed by atoms with Gasteiger partial charge in [0.25, 0.3) is 0 Å². The molecule has 6 rings (SSSR count). The number of rotatable bonds is 1. The summed E-state index contributed by atoms with van der Waals surface area (Å²) in [5, 5.41) is 2.48. The van der Waals surface area contributed by atoms with Gasteiger partial charge in [0.05, 0.1) is 5.41 Å². The molecule has 0 N–H and O–H groups in total. The van der Waals surface area contributed by atoms with Crippen LogP contribution in [0.1, 0.15) is 38.2 Å². The molecule has 0 atom stereocenters. The number of fused-ring (bicyclic) bond motifs is 5. The van der Waals surface area contributed by atoms with Crippen LogP contribution in [0.3, 0.4) is 0 Å². The molecule has 2 aromatic carbocycles. The average molecular weight is 304 g/mol. The summed E-state index contributed by atoms with van der Waals surface area (Å²) in [4.78, 5) is 0. The van der Waals surface area contributed by atoms with Crippen molar-refractivity contribution in [2.45, 2.75) is 43.6 Å². The maximum atomic E-state index is 5.99. The summed E-state index contributed by atoms with van der Waals surface area (Å²) in [7, 11) is 2.25. The van der Waals surface area contributed by atoms with E-state index in [1.165, 1.54) is 42.0 Å². The lowest BCUT2D eigenvalue weighted by Crippen LogP contribution is -2.54. The molecule has 1 saturated carbocycles. The van der Waals surface area contributed by atoms with Gasteiger partial charge in [0.1, 0.15) is 18.2 Å². The Balaban J connectivity index is 1.73. The molecule has 0 radical (unpaired) electrons. The van der Waals surface area contributed by atoms with Crippen LogP contribution in [0.2, 0.25) is 0 Å². The van der Waals surface area contributed by atoms with Crippen molar-refractivity contribution >= 4 is 28.2 Å². The van der Waals surface area contributed by atoms with Gasteiger partial charge in [-0.05, 0) is 36.6 Å². The Hall–Kier alpha value is -2.09. The lowest BCUT2D eigenvalue weighted by molar-refractivity contribution is -0.592. The Morgan fingerprint density at radius 2 is 1.65 bits per heavy atom. The maximum absolute atomic E-state index is 5.99. The topological polar surface area (TPSA) is 16.1 Å². The van der Waals surface area contributed by atoms with Crippen LogP contribution >= 0.6 is 0 Å². The van der Waals surface area contributed by atoms with Crippen molar-refractivity contribution < 1.29 is 8.99 Å². The van der Waals surface area contributed by atoms with Gasteiger partial charge in [-0.15, -0.1) is 0 Å². The van der Waals surface area contributed by atoms with E-state index in [2.05, 4.69) is 61.2 Å². The second kappa shape index (κ2) is 4.25. The summed E-state index contributed by atoms with van der Waals surface area (Å²) in [6.45, 7) is 2.40. The fraction of sp³-hybridized carbons (Fsp3) is 0.381. The van der Waals surface area contributed by atoms with Gasteiger partial charge < -0.3 is 4.42 Å². The second-order valence-corrected chi connectivity index (χ2v) is 7.70. The van der Waals surface area contributed by atoms with Crippen LogP contribution < -0.4 is 0 Å². The van der Waals surface area contributed by atoms with E-state index in [0.717, 1.165) is 11.2 Å². The third-order valence-corrected chi connectivity index (χ3v) is 6.46. The lowest BCUT2D eigenvalue weighted by Gasteiger charge is -2.45. The van der Waals surface area contributed by atoms with Crippen LogP contribution in [-0.4, -0.2) is 23.4 Å². The largest absolute Gasteiger partial charge is 0.456 e. The molecular formula is C21H22NO+. The quantitative estimate of drug-likeness (QED) is 0.585. The third-order valence-electron chi connectivity index (χ3n) is 6.46. The summed E-state index contributed by atoms with van der Waals surface area (Å²) in [6.07, 6.45) is 7.57. The predicted octanol–water partition coefficient (Wildman–Crippen LogP) is 4.88. The standard InChI is InChI=1S/C21H22NO/c1-20-9-11-21(12-10-20,14-22(20)2)15-7-8-19-17(13-15)16-5-3-4-6-18(16)23-19/h3-8,13-14H,9-12H2,1-2H3/q+1. The average Bonchev–Trinajstić information content (AvgIpc) is 2.94. The van der Waals surface area contributed by atoms with Crippen molar-refractivity contribution in [2.75, 3.05) is 7.05 Å². The molecule has 3 heterocycles. The van der Waals surface area contributed by atoms with Gasteiger partial charge in [-0.3, -0.25) is 0 Å². The molecule has 3 aromatic rings. The zero-order valence-corrected chi connectivity index (χ0v) is 13.8. The normalized spacial score (nSPS) is 30.1. The first-order chi connectivity index (χ1) is 11.1. The van der Waals surface area contributed by atoms with Crippen molar-refractivity contribution in [1.29, 1.82) is 0 Å². The molecule has 2 aliphatic heterocycles.